The molecule has 2 aromatic rings. The molecule has 0 unspecified atom stereocenters. The van der Waals surface area contributed by atoms with Crippen molar-refractivity contribution in [2.24, 2.45) is 0 Å². The first-order chi connectivity index (χ1) is 8.10. The van der Waals surface area contributed by atoms with E-state index in [0.29, 0.717) is 10.7 Å². The Morgan fingerprint density at radius 2 is 2.06 bits per heavy atom. The zero-order valence-corrected chi connectivity index (χ0v) is 9.70. The lowest BCUT2D eigenvalue weighted by molar-refractivity contribution is 0.470. The number of aromatic nitrogens is 3. The van der Waals surface area contributed by atoms with Crippen LogP contribution in [0.25, 0.3) is 11.4 Å². The summed E-state index contributed by atoms with van der Waals surface area (Å²) in [5.74, 6) is -0.483. The fourth-order valence-electron chi connectivity index (χ4n) is 1.28. The van der Waals surface area contributed by atoms with Gasteiger partial charge in [0.05, 0.1) is 5.56 Å². The summed E-state index contributed by atoms with van der Waals surface area (Å²) in [7, 11) is 0. The normalized spacial score (nSPS) is 10.5. The molecule has 2 rings (SSSR count). The highest BCUT2D eigenvalue weighted by Crippen LogP contribution is 2.28. The number of rotatable bonds is 2. The van der Waals surface area contributed by atoms with Gasteiger partial charge < -0.3 is 10.8 Å². The first kappa shape index (κ1) is 11.6. The standard InChI is InChI=1S/C10H9FN4OS/c1-17-10-14-8(13-9(12)15-10)6-3-2-5(11)4-7(6)16/h2-4,16H,1H3,(H2,12,13,14,15). The number of nitrogens with two attached hydrogens (primary N) is 1. The molecule has 0 atom stereocenters. The summed E-state index contributed by atoms with van der Waals surface area (Å²) < 4.78 is 12.8. The Kier molecular flexibility index (Phi) is 3.10. The average molecular weight is 252 g/mol. The molecule has 0 saturated heterocycles. The molecule has 7 heteroatoms. The van der Waals surface area contributed by atoms with Gasteiger partial charge in [-0.3, -0.25) is 0 Å². The Hall–Kier alpha value is -1.89. The molecule has 1 aromatic carbocycles. The first-order valence-corrected chi connectivity index (χ1v) is 5.87. The molecule has 1 aromatic heterocycles. The summed E-state index contributed by atoms with van der Waals surface area (Å²) in [6, 6.07) is 3.60. The molecule has 1 heterocycles. The number of aromatic hydroxyl groups is 1. The lowest BCUT2D eigenvalue weighted by Gasteiger charge is -2.05. The molecule has 0 aliphatic rings. The minimum atomic E-state index is -0.529. The quantitative estimate of drug-likeness (QED) is 0.791. The summed E-state index contributed by atoms with van der Waals surface area (Å²) in [6.45, 7) is 0. The molecule has 17 heavy (non-hydrogen) atoms. The van der Waals surface area contributed by atoms with Gasteiger partial charge in [0.15, 0.2) is 11.0 Å². The molecule has 0 fully saturated rings. The number of halogens is 1. The Morgan fingerprint density at radius 3 is 2.71 bits per heavy atom. The van der Waals surface area contributed by atoms with Crippen molar-refractivity contribution in [3.63, 3.8) is 0 Å². The van der Waals surface area contributed by atoms with Crippen molar-refractivity contribution >= 4 is 17.7 Å². The third kappa shape index (κ3) is 2.44. The zero-order valence-electron chi connectivity index (χ0n) is 8.88. The van der Waals surface area contributed by atoms with Crippen LogP contribution in [-0.4, -0.2) is 26.3 Å². The van der Waals surface area contributed by atoms with Gasteiger partial charge in [0.1, 0.15) is 11.6 Å². The van der Waals surface area contributed by atoms with Crippen LogP contribution in [0.2, 0.25) is 0 Å². The predicted molar refractivity (Wildman–Crippen MR) is 63.1 cm³/mol. The minimum Gasteiger partial charge on any atom is -0.507 e. The smallest absolute Gasteiger partial charge is 0.224 e. The number of phenolic OH excluding ortho intramolecular Hbond substituents is 1. The maximum atomic E-state index is 12.8. The van der Waals surface area contributed by atoms with Gasteiger partial charge >= 0.3 is 0 Å². The van der Waals surface area contributed by atoms with E-state index in [0.717, 1.165) is 6.07 Å². The number of nitrogen functional groups attached to an aromatic ring is 1. The van der Waals surface area contributed by atoms with E-state index in [2.05, 4.69) is 15.0 Å². The van der Waals surface area contributed by atoms with Crippen molar-refractivity contribution in [2.45, 2.75) is 5.16 Å². The van der Waals surface area contributed by atoms with Crippen LogP contribution >= 0.6 is 11.8 Å². The minimum absolute atomic E-state index is 0.0584. The van der Waals surface area contributed by atoms with Crippen LogP contribution in [0.4, 0.5) is 10.3 Å². The highest BCUT2D eigenvalue weighted by molar-refractivity contribution is 7.98. The van der Waals surface area contributed by atoms with Gasteiger partial charge in [0.25, 0.3) is 0 Å². The second-order valence-corrected chi connectivity index (χ2v) is 3.94. The molecule has 0 spiro atoms. The topological polar surface area (TPSA) is 84.9 Å². The molecule has 5 nitrogen and oxygen atoms in total. The number of hydrogen-bond donors (Lipinski definition) is 2. The molecule has 0 amide bonds. The summed E-state index contributed by atoms with van der Waals surface area (Å²) in [5.41, 5.74) is 5.84. The Labute approximate surface area is 101 Å². The van der Waals surface area contributed by atoms with Crippen LogP contribution in [0, 0.1) is 5.82 Å². The van der Waals surface area contributed by atoms with Gasteiger partial charge in [-0.2, -0.15) is 9.97 Å². The van der Waals surface area contributed by atoms with Crippen LogP contribution in [0.1, 0.15) is 0 Å². The lowest BCUT2D eigenvalue weighted by Crippen LogP contribution is -2.01. The lowest BCUT2D eigenvalue weighted by atomic mass is 10.2. The van der Waals surface area contributed by atoms with E-state index in [1.54, 1.807) is 6.26 Å². The molecular formula is C10H9FN4OS. The molecule has 0 aliphatic heterocycles. The van der Waals surface area contributed by atoms with E-state index in [-0.39, 0.29) is 17.5 Å². The number of hydrogen-bond acceptors (Lipinski definition) is 6. The van der Waals surface area contributed by atoms with Gasteiger partial charge in [-0.1, -0.05) is 11.8 Å². The Morgan fingerprint density at radius 1 is 1.29 bits per heavy atom. The number of anilines is 1. The molecule has 0 bridgehead atoms. The fraction of sp³-hybridized carbons (Fsp3) is 0.100. The van der Waals surface area contributed by atoms with E-state index in [1.807, 2.05) is 0 Å². The summed E-state index contributed by atoms with van der Waals surface area (Å²) in [6.07, 6.45) is 1.79. The molecule has 88 valence electrons. The monoisotopic (exact) mass is 252 g/mol. The van der Waals surface area contributed by atoms with Crippen LogP contribution < -0.4 is 5.73 Å². The van der Waals surface area contributed by atoms with E-state index < -0.39 is 5.82 Å². The fourth-order valence-corrected chi connectivity index (χ4v) is 1.64. The van der Waals surface area contributed by atoms with Crippen LogP contribution in [0.5, 0.6) is 5.75 Å². The number of nitrogens with zero attached hydrogens (tertiary/aromatic N) is 3. The molecule has 0 saturated carbocycles. The maximum Gasteiger partial charge on any atom is 0.224 e. The predicted octanol–water partition coefficient (Wildman–Crippen LogP) is 1.69. The third-order valence-electron chi connectivity index (χ3n) is 2.02. The van der Waals surface area contributed by atoms with Crippen LogP contribution in [-0.2, 0) is 0 Å². The average Bonchev–Trinajstić information content (AvgIpc) is 2.28. The largest absolute Gasteiger partial charge is 0.507 e. The molecule has 0 radical (unpaired) electrons. The molecule has 3 N–H and O–H groups in total. The van der Waals surface area contributed by atoms with Crippen molar-refractivity contribution in [1.29, 1.82) is 0 Å². The van der Waals surface area contributed by atoms with Gasteiger partial charge in [-0.15, -0.1) is 0 Å². The van der Waals surface area contributed by atoms with E-state index in [9.17, 15) is 9.50 Å². The molecular weight excluding hydrogens is 243 g/mol. The maximum absolute atomic E-state index is 12.8. The first-order valence-electron chi connectivity index (χ1n) is 4.64. The van der Waals surface area contributed by atoms with Crippen molar-refractivity contribution in [1.82, 2.24) is 15.0 Å². The van der Waals surface area contributed by atoms with Crippen LogP contribution in [0.3, 0.4) is 0 Å². The van der Waals surface area contributed by atoms with E-state index >= 15 is 0 Å². The van der Waals surface area contributed by atoms with Crippen molar-refractivity contribution in [3.05, 3.63) is 24.0 Å². The van der Waals surface area contributed by atoms with Gasteiger partial charge in [-0.25, -0.2) is 9.37 Å². The number of phenols is 1. The highest BCUT2D eigenvalue weighted by Gasteiger charge is 2.11. The SMILES string of the molecule is CSc1nc(N)nc(-c2ccc(F)cc2O)n1. The summed E-state index contributed by atoms with van der Waals surface area (Å²) in [4.78, 5) is 11.9. The van der Waals surface area contributed by atoms with E-state index in [4.69, 9.17) is 5.73 Å². The Balaban J connectivity index is 2.55. The molecule has 0 aliphatic carbocycles. The van der Waals surface area contributed by atoms with E-state index in [1.165, 1.54) is 23.9 Å². The third-order valence-corrected chi connectivity index (χ3v) is 2.56. The second kappa shape index (κ2) is 4.54. The van der Waals surface area contributed by atoms with Gasteiger partial charge in [0.2, 0.25) is 5.95 Å². The number of benzene rings is 1. The van der Waals surface area contributed by atoms with Gasteiger partial charge in [-0.05, 0) is 18.4 Å². The van der Waals surface area contributed by atoms with Crippen LogP contribution in [0.15, 0.2) is 23.4 Å². The second-order valence-electron chi connectivity index (χ2n) is 3.17. The van der Waals surface area contributed by atoms with Crippen molar-refractivity contribution in [3.8, 4) is 17.1 Å². The number of thioether (sulfide) groups is 1. The zero-order chi connectivity index (χ0) is 12.4. The van der Waals surface area contributed by atoms with Crippen molar-refractivity contribution < 1.29 is 9.50 Å². The highest BCUT2D eigenvalue weighted by atomic mass is 32.2. The Bertz CT molecular complexity index is 564. The van der Waals surface area contributed by atoms with Gasteiger partial charge in [0, 0.05) is 6.07 Å². The summed E-state index contributed by atoms with van der Waals surface area (Å²) >= 11 is 1.30. The summed E-state index contributed by atoms with van der Waals surface area (Å²) in [5, 5.41) is 10.1. The van der Waals surface area contributed by atoms with Crippen molar-refractivity contribution in [2.75, 3.05) is 12.0 Å².